The summed E-state index contributed by atoms with van der Waals surface area (Å²) in [7, 11) is 0. The Bertz CT molecular complexity index is 532. The van der Waals surface area contributed by atoms with E-state index in [0.717, 1.165) is 25.7 Å². The molecule has 20 heavy (non-hydrogen) atoms. The number of nitrogens with one attached hydrogen (secondary N) is 1. The lowest BCUT2D eigenvalue weighted by atomic mass is 9.92. The number of benzene rings is 1. The molecule has 1 fully saturated rings. The van der Waals surface area contributed by atoms with Gasteiger partial charge in [-0.25, -0.2) is 0 Å². The van der Waals surface area contributed by atoms with Crippen molar-refractivity contribution >= 4 is 11.6 Å². The molecule has 6 heteroatoms. The van der Waals surface area contributed by atoms with Gasteiger partial charge in [-0.3, -0.25) is 4.79 Å². The Morgan fingerprint density at radius 3 is 2.70 bits per heavy atom. The number of carbonyl (C=O) groups is 1. The number of amides is 1. The van der Waals surface area contributed by atoms with E-state index in [4.69, 9.17) is 15.2 Å². The van der Waals surface area contributed by atoms with Crippen LogP contribution in [0.15, 0.2) is 12.1 Å². The van der Waals surface area contributed by atoms with Crippen molar-refractivity contribution in [1.82, 2.24) is 5.32 Å². The molecule has 0 bridgehead atoms. The maximum Gasteiger partial charge on any atom is 0.253 e. The molecular weight excluding hydrogens is 260 g/mol. The molecule has 1 heterocycles. The van der Waals surface area contributed by atoms with Crippen LogP contribution in [0.3, 0.4) is 0 Å². The van der Waals surface area contributed by atoms with Crippen molar-refractivity contribution in [2.75, 3.05) is 12.5 Å². The molecule has 0 saturated heterocycles. The fourth-order valence-electron chi connectivity index (χ4n) is 2.68. The van der Waals surface area contributed by atoms with Gasteiger partial charge in [-0.15, -0.1) is 0 Å². The third-order valence-electron chi connectivity index (χ3n) is 3.84. The number of aliphatic hydroxyl groups excluding tert-OH is 1. The lowest BCUT2D eigenvalue weighted by Gasteiger charge is -2.28. The van der Waals surface area contributed by atoms with E-state index in [1.807, 2.05) is 0 Å². The third-order valence-corrected chi connectivity index (χ3v) is 3.84. The number of rotatable bonds is 2. The smallest absolute Gasteiger partial charge is 0.253 e. The first-order chi connectivity index (χ1) is 9.65. The molecule has 2 aliphatic rings. The molecular formula is C14H18N2O4. The van der Waals surface area contributed by atoms with Gasteiger partial charge in [0, 0.05) is 11.8 Å². The summed E-state index contributed by atoms with van der Waals surface area (Å²) in [6.45, 7) is 0.140. The van der Waals surface area contributed by atoms with Gasteiger partial charge in [0.2, 0.25) is 6.79 Å². The molecule has 3 rings (SSSR count). The highest BCUT2D eigenvalue weighted by Gasteiger charge is 2.26. The van der Waals surface area contributed by atoms with Gasteiger partial charge in [0.1, 0.15) is 0 Å². The summed E-state index contributed by atoms with van der Waals surface area (Å²) in [5, 5.41) is 12.7. The largest absolute Gasteiger partial charge is 0.454 e. The Labute approximate surface area is 116 Å². The lowest BCUT2D eigenvalue weighted by molar-refractivity contribution is 0.0717. The monoisotopic (exact) mass is 278 g/mol. The van der Waals surface area contributed by atoms with Crippen molar-refractivity contribution in [2.45, 2.75) is 37.8 Å². The zero-order chi connectivity index (χ0) is 14.1. The molecule has 2 atom stereocenters. The van der Waals surface area contributed by atoms with Gasteiger partial charge >= 0.3 is 0 Å². The standard InChI is InChI=1S/C14H18N2O4/c15-9-6-13-12(19-7-20-13)5-8(9)14(18)16-10-3-1-2-4-11(10)17/h5-6,10-11,17H,1-4,7,15H2,(H,16,18)/t10-,11-/m0/s1. The van der Waals surface area contributed by atoms with Crippen LogP contribution in [0.4, 0.5) is 5.69 Å². The van der Waals surface area contributed by atoms with Crippen LogP contribution in [0.2, 0.25) is 0 Å². The quantitative estimate of drug-likeness (QED) is 0.702. The van der Waals surface area contributed by atoms with Crippen LogP contribution < -0.4 is 20.5 Å². The summed E-state index contributed by atoms with van der Waals surface area (Å²) in [6, 6.07) is 2.97. The number of fused-ring (bicyclic) bond motifs is 1. The molecule has 1 amide bonds. The SMILES string of the molecule is Nc1cc2c(cc1C(=O)N[C@H]1CCCC[C@@H]1O)OCO2. The predicted octanol–water partition coefficient (Wildman–Crippen LogP) is 1.03. The molecule has 4 N–H and O–H groups in total. The minimum absolute atomic E-state index is 0.140. The maximum absolute atomic E-state index is 12.3. The van der Waals surface area contributed by atoms with Crippen LogP contribution in [0, 0.1) is 0 Å². The summed E-state index contributed by atoms with van der Waals surface area (Å²) in [5.74, 6) is 0.789. The fraction of sp³-hybridized carbons (Fsp3) is 0.500. The molecule has 0 spiro atoms. The number of hydrogen-bond donors (Lipinski definition) is 3. The van der Waals surface area contributed by atoms with Crippen molar-refractivity contribution in [3.63, 3.8) is 0 Å². The normalized spacial score (nSPS) is 24.4. The molecule has 1 saturated carbocycles. The van der Waals surface area contributed by atoms with Gasteiger partial charge in [-0.1, -0.05) is 12.8 Å². The molecule has 0 aromatic heterocycles. The first-order valence-electron chi connectivity index (χ1n) is 6.83. The average Bonchev–Trinajstić information content (AvgIpc) is 2.87. The molecule has 0 radical (unpaired) electrons. The van der Waals surface area contributed by atoms with Crippen molar-refractivity contribution in [3.05, 3.63) is 17.7 Å². The minimum Gasteiger partial charge on any atom is -0.454 e. The molecule has 6 nitrogen and oxygen atoms in total. The summed E-state index contributed by atoms with van der Waals surface area (Å²) < 4.78 is 10.5. The minimum atomic E-state index is -0.483. The van der Waals surface area contributed by atoms with Crippen LogP contribution >= 0.6 is 0 Å². The molecule has 1 aromatic carbocycles. The number of anilines is 1. The van der Waals surface area contributed by atoms with E-state index in [1.54, 1.807) is 12.1 Å². The van der Waals surface area contributed by atoms with Gasteiger partial charge in [-0.05, 0) is 18.9 Å². The maximum atomic E-state index is 12.3. The topological polar surface area (TPSA) is 93.8 Å². The van der Waals surface area contributed by atoms with Gasteiger partial charge in [0.15, 0.2) is 11.5 Å². The zero-order valence-electron chi connectivity index (χ0n) is 11.1. The number of ether oxygens (including phenoxy) is 2. The van der Waals surface area contributed by atoms with Gasteiger partial charge < -0.3 is 25.6 Å². The fourth-order valence-corrected chi connectivity index (χ4v) is 2.68. The average molecular weight is 278 g/mol. The van der Waals surface area contributed by atoms with Gasteiger partial charge in [0.25, 0.3) is 5.91 Å². The highest BCUT2D eigenvalue weighted by Crippen LogP contribution is 2.36. The third kappa shape index (κ3) is 2.38. The zero-order valence-corrected chi connectivity index (χ0v) is 11.1. The van der Waals surface area contributed by atoms with E-state index in [2.05, 4.69) is 5.32 Å². The van der Waals surface area contributed by atoms with E-state index in [1.165, 1.54) is 0 Å². The highest BCUT2D eigenvalue weighted by molar-refractivity contribution is 6.00. The van der Waals surface area contributed by atoms with Gasteiger partial charge in [0.05, 0.1) is 17.7 Å². The number of nitrogen functional groups attached to an aromatic ring is 1. The second kappa shape index (κ2) is 5.20. The van der Waals surface area contributed by atoms with Crippen LogP contribution in [-0.4, -0.2) is 30.0 Å². The van der Waals surface area contributed by atoms with Crippen molar-refractivity contribution in [2.24, 2.45) is 0 Å². The summed E-state index contributed by atoms with van der Waals surface area (Å²) in [5.41, 5.74) is 6.57. The molecule has 0 unspecified atom stereocenters. The van der Waals surface area contributed by atoms with Crippen molar-refractivity contribution in [1.29, 1.82) is 0 Å². The Kier molecular flexibility index (Phi) is 3.40. The first kappa shape index (κ1) is 13.1. The van der Waals surface area contributed by atoms with E-state index < -0.39 is 6.10 Å². The number of nitrogens with two attached hydrogens (primary N) is 1. The Hall–Kier alpha value is -1.95. The number of aliphatic hydroxyl groups is 1. The van der Waals surface area contributed by atoms with Crippen LogP contribution in [0.25, 0.3) is 0 Å². The van der Waals surface area contributed by atoms with E-state index in [-0.39, 0.29) is 18.7 Å². The van der Waals surface area contributed by atoms with Crippen LogP contribution in [0.1, 0.15) is 36.0 Å². The van der Waals surface area contributed by atoms with Crippen molar-refractivity contribution < 1.29 is 19.4 Å². The second-order valence-corrected chi connectivity index (χ2v) is 5.22. The lowest BCUT2D eigenvalue weighted by Crippen LogP contribution is -2.45. The van der Waals surface area contributed by atoms with E-state index in [0.29, 0.717) is 22.7 Å². The number of carbonyl (C=O) groups excluding carboxylic acids is 1. The second-order valence-electron chi connectivity index (χ2n) is 5.22. The predicted molar refractivity (Wildman–Crippen MR) is 72.7 cm³/mol. The first-order valence-corrected chi connectivity index (χ1v) is 6.83. The Balaban J connectivity index is 1.77. The van der Waals surface area contributed by atoms with Gasteiger partial charge in [-0.2, -0.15) is 0 Å². The van der Waals surface area contributed by atoms with E-state index >= 15 is 0 Å². The highest BCUT2D eigenvalue weighted by atomic mass is 16.7. The Morgan fingerprint density at radius 2 is 1.95 bits per heavy atom. The Morgan fingerprint density at radius 1 is 1.25 bits per heavy atom. The van der Waals surface area contributed by atoms with Crippen LogP contribution in [-0.2, 0) is 0 Å². The summed E-state index contributed by atoms with van der Waals surface area (Å²) in [6.07, 6.45) is 3.04. The van der Waals surface area contributed by atoms with Crippen molar-refractivity contribution in [3.8, 4) is 11.5 Å². The molecule has 108 valence electrons. The molecule has 1 aliphatic carbocycles. The summed E-state index contributed by atoms with van der Waals surface area (Å²) >= 11 is 0. The summed E-state index contributed by atoms with van der Waals surface area (Å²) in [4.78, 5) is 12.3. The number of hydrogen-bond acceptors (Lipinski definition) is 5. The van der Waals surface area contributed by atoms with E-state index in [9.17, 15) is 9.90 Å². The van der Waals surface area contributed by atoms with Crippen LogP contribution in [0.5, 0.6) is 11.5 Å². The molecule has 1 aromatic rings. The molecule has 1 aliphatic heterocycles.